The maximum absolute atomic E-state index is 12.9. The Balaban J connectivity index is 1.50. The standard InChI is InChI=1S/C23H37N3O5S/c1-19-5-3-11-25(18-19)12-4-10-24-23(27)9-6-20-17-21(7-8-22(20)30-2)32(28,29)26-13-15-31-16-14-26/h7-8,17,19H,3-6,9-16,18H2,1-2H3,(H,24,27)/t19-/m0/s1. The minimum atomic E-state index is -3.59. The number of piperidine rings is 1. The van der Waals surface area contributed by atoms with E-state index < -0.39 is 10.0 Å². The van der Waals surface area contributed by atoms with Gasteiger partial charge in [-0.1, -0.05) is 6.92 Å². The van der Waals surface area contributed by atoms with Crippen molar-refractivity contribution in [3.05, 3.63) is 23.8 Å². The number of amides is 1. The fourth-order valence-electron chi connectivity index (χ4n) is 4.40. The highest BCUT2D eigenvalue weighted by molar-refractivity contribution is 7.89. The molecule has 0 saturated carbocycles. The molecule has 0 bridgehead atoms. The van der Waals surface area contributed by atoms with Crippen molar-refractivity contribution < 1.29 is 22.7 Å². The number of aryl methyl sites for hydroxylation is 1. The molecule has 2 fully saturated rings. The number of nitrogens with one attached hydrogen (secondary N) is 1. The molecule has 1 aromatic rings. The number of hydrogen-bond acceptors (Lipinski definition) is 6. The van der Waals surface area contributed by atoms with Gasteiger partial charge in [0, 0.05) is 32.6 Å². The minimum Gasteiger partial charge on any atom is -0.496 e. The zero-order chi connectivity index (χ0) is 23.0. The second-order valence-electron chi connectivity index (χ2n) is 8.74. The Kier molecular flexibility index (Phi) is 9.34. The van der Waals surface area contributed by atoms with Gasteiger partial charge in [-0.25, -0.2) is 8.42 Å². The average Bonchev–Trinajstić information content (AvgIpc) is 2.81. The molecule has 32 heavy (non-hydrogen) atoms. The van der Waals surface area contributed by atoms with Crippen LogP contribution in [0.15, 0.2) is 23.1 Å². The number of sulfonamides is 1. The van der Waals surface area contributed by atoms with Crippen LogP contribution >= 0.6 is 0 Å². The molecule has 0 aromatic heterocycles. The number of ether oxygens (including phenoxy) is 2. The van der Waals surface area contributed by atoms with Crippen molar-refractivity contribution in [2.75, 3.05) is 59.6 Å². The normalized spacial score (nSPS) is 20.8. The molecule has 0 unspecified atom stereocenters. The molecule has 9 heteroatoms. The fraction of sp³-hybridized carbons (Fsp3) is 0.696. The lowest BCUT2D eigenvalue weighted by Gasteiger charge is -2.30. The average molecular weight is 468 g/mol. The summed E-state index contributed by atoms with van der Waals surface area (Å²) in [5, 5.41) is 2.99. The molecular formula is C23H37N3O5S. The molecule has 3 rings (SSSR count). The number of carbonyl (C=O) groups is 1. The number of nitrogens with zero attached hydrogens (tertiary/aromatic N) is 2. The molecule has 1 atom stereocenters. The number of likely N-dealkylation sites (tertiary alicyclic amines) is 1. The summed E-state index contributed by atoms with van der Waals surface area (Å²) in [5.74, 6) is 1.33. The summed E-state index contributed by atoms with van der Waals surface area (Å²) < 4.78 is 38.0. The Bertz CT molecular complexity index is 855. The first-order chi connectivity index (χ1) is 15.4. The smallest absolute Gasteiger partial charge is 0.243 e. The van der Waals surface area contributed by atoms with Crippen LogP contribution in [0.25, 0.3) is 0 Å². The van der Waals surface area contributed by atoms with E-state index in [1.165, 1.54) is 17.1 Å². The summed E-state index contributed by atoms with van der Waals surface area (Å²) in [6, 6.07) is 4.86. The molecule has 0 spiro atoms. The second-order valence-corrected chi connectivity index (χ2v) is 10.7. The lowest BCUT2D eigenvalue weighted by molar-refractivity contribution is -0.121. The molecule has 1 aromatic carbocycles. The molecule has 0 aliphatic carbocycles. The molecule has 0 radical (unpaired) electrons. The van der Waals surface area contributed by atoms with Crippen LogP contribution in [-0.2, 0) is 26.0 Å². The van der Waals surface area contributed by atoms with Crippen molar-refractivity contribution in [3.8, 4) is 5.75 Å². The van der Waals surface area contributed by atoms with Gasteiger partial charge in [0.05, 0.1) is 25.2 Å². The third-order valence-electron chi connectivity index (χ3n) is 6.20. The number of carbonyl (C=O) groups excluding carboxylic acids is 1. The molecule has 2 aliphatic heterocycles. The molecule has 2 saturated heterocycles. The van der Waals surface area contributed by atoms with Gasteiger partial charge in [0.15, 0.2) is 0 Å². The number of benzene rings is 1. The topological polar surface area (TPSA) is 88.2 Å². The van der Waals surface area contributed by atoms with Crippen LogP contribution in [0.2, 0.25) is 0 Å². The molecular weight excluding hydrogens is 430 g/mol. The van der Waals surface area contributed by atoms with Crippen molar-refractivity contribution in [1.82, 2.24) is 14.5 Å². The van der Waals surface area contributed by atoms with Crippen molar-refractivity contribution >= 4 is 15.9 Å². The summed E-state index contributed by atoms with van der Waals surface area (Å²) in [6.45, 7) is 7.78. The van der Waals surface area contributed by atoms with Crippen LogP contribution in [0.1, 0.15) is 38.2 Å². The highest BCUT2D eigenvalue weighted by Gasteiger charge is 2.27. The number of morpholine rings is 1. The lowest BCUT2D eigenvalue weighted by Crippen LogP contribution is -2.40. The number of methoxy groups -OCH3 is 1. The molecule has 8 nitrogen and oxygen atoms in total. The van der Waals surface area contributed by atoms with E-state index in [-0.39, 0.29) is 17.2 Å². The van der Waals surface area contributed by atoms with Gasteiger partial charge < -0.3 is 19.7 Å². The number of rotatable bonds is 10. The van der Waals surface area contributed by atoms with E-state index in [4.69, 9.17) is 9.47 Å². The molecule has 2 aliphatic rings. The van der Waals surface area contributed by atoms with Gasteiger partial charge >= 0.3 is 0 Å². The molecule has 1 amide bonds. The van der Waals surface area contributed by atoms with E-state index in [9.17, 15) is 13.2 Å². The van der Waals surface area contributed by atoms with Crippen molar-refractivity contribution in [1.29, 1.82) is 0 Å². The summed E-state index contributed by atoms with van der Waals surface area (Å²) in [7, 11) is -2.04. The fourth-order valence-corrected chi connectivity index (χ4v) is 5.86. The van der Waals surface area contributed by atoms with Crippen molar-refractivity contribution in [2.24, 2.45) is 5.92 Å². The van der Waals surface area contributed by atoms with Gasteiger partial charge in [-0.05, 0) is 68.5 Å². The third-order valence-corrected chi connectivity index (χ3v) is 8.09. The van der Waals surface area contributed by atoms with E-state index in [2.05, 4.69) is 17.1 Å². The lowest BCUT2D eigenvalue weighted by atomic mass is 10.0. The Morgan fingerprint density at radius 1 is 1.25 bits per heavy atom. The van der Waals surface area contributed by atoms with Crippen molar-refractivity contribution in [2.45, 2.75) is 43.9 Å². The van der Waals surface area contributed by atoms with Crippen LogP contribution in [0.5, 0.6) is 5.75 Å². The van der Waals surface area contributed by atoms with Crippen LogP contribution < -0.4 is 10.1 Å². The Hall–Kier alpha value is -1.68. The van der Waals surface area contributed by atoms with Gasteiger partial charge in [0.1, 0.15) is 5.75 Å². The second kappa shape index (κ2) is 12.0. The predicted octanol–water partition coefficient (Wildman–Crippen LogP) is 1.89. The maximum Gasteiger partial charge on any atom is 0.243 e. The highest BCUT2D eigenvalue weighted by atomic mass is 32.2. The first-order valence-corrected chi connectivity index (χ1v) is 13.1. The molecule has 1 N–H and O–H groups in total. The van der Waals surface area contributed by atoms with Gasteiger partial charge in [0.2, 0.25) is 15.9 Å². The molecule has 180 valence electrons. The monoisotopic (exact) mass is 467 g/mol. The van der Waals surface area contributed by atoms with E-state index >= 15 is 0 Å². The first-order valence-electron chi connectivity index (χ1n) is 11.6. The van der Waals surface area contributed by atoms with Crippen LogP contribution in [-0.4, -0.2) is 83.1 Å². The zero-order valence-corrected chi connectivity index (χ0v) is 20.2. The van der Waals surface area contributed by atoms with Gasteiger partial charge in [-0.2, -0.15) is 4.31 Å². The summed E-state index contributed by atoms with van der Waals surface area (Å²) in [5.41, 5.74) is 0.722. The minimum absolute atomic E-state index is 0.0273. The summed E-state index contributed by atoms with van der Waals surface area (Å²) >= 11 is 0. The third kappa shape index (κ3) is 6.91. The van der Waals surface area contributed by atoms with Crippen LogP contribution in [0, 0.1) is 5.92 Å². The highest BCUT2D eigenvalue weighted by Crippen LogP contribution is 2.26. The maximum atomic E-state index is 12.9. The van der Waals surface area contributed by atoms with Gasteiger partial charge in [0.25, 0.3) is 0 Å². The van der Waals surface area contributed by atoms with Crippen LogP contribution in [0.4, 0.5) is 0 Å². The number of hydrogen-bond donors (Lipinski definition) is 1. The van der Waals surface area contributed by atoms with Gasteiger partial charge in [-0.15, -0.1) is 0 Å². The van der Waals surface area contributed by atoms with E-state index in [0.29, 0.717) is 45.0 Å². The zero-order valence-electron chi connectivity index (χ0n) is 19.3. The van der Waals surface area contributed by atoms with E-state index in [0.717, 1.165) is 37.5 Å². The van der Waals surface area contributed by atoms with Crippen LogP contribution in [0.3, 0.4) is 0 Å². The Morgan fingerprint density at radius 2 is 2.03 bits per heavy atom. The van der Waals surface area contributed by atoms with Crippen molar-refractivity contribution in [3.63, 3.8) is 0 Å². The van der Waals surface area contributed by atoms with E-state index in [1.54, 1.807) is 25.3 Å². The summed E-state index contributed by atoms with van der Waals surface area (Å²) in [4.78, 5) is 15.0. The Labute approximate surface area is 192 Å². The molecule has 2 heterocycles. The van der Waals surface area contributed by atoms with E-state index in [1.807, 2.05) is 0 Å². The largest absolute Gasteiger partial charge is 0.496 e. The first kappa shape index (κ1) is 25.0. The summed E-state index contributed by atoms with van der Waals surface area (Å²) in [6.07, 6.45) is 4.22. The SMILES string of the molecule is COc1ccc(S(=O)(=O)N2CCOCC2)cc1CCC(=O)NCCCN1CCC[C@H](C)C1. The Morgan fingerprint density at radius 3 is 2.75 bits per heavy atom. The predicted molar refractivity (Wildman–Crippen MR) is 123 cm³/mol. The quantitative estimate of drug-likeness (QED) is 0.529. The van der Waals surface area contributed by atoms with Gasteiger partial charge in [-0.3, -0.25) is 4.79 Å².